The van der Waals surface area contributed by atoms with Crippen molar-refractivity contribution in [2.45, 2.75) is 33.2 Å². The number of ether oxygens (including phenoxy) is 1. The summed E-state index contributed by atoms with van der Waals surface area (Å²) in [7, 11) is 0. The first-order chi connectivity index (χ1) is 13.6. The highest BCUT2D eigenvalue weighted by molar-refractivity contribution is 5.86. The van der Waals surface area contributed by atoms with Gasteiger partial charge in [0.15, 0.2) is 0 Å². The zero-order valence-corrected chi connectivity index (χ0v) is 16.6. The van der Waals surface area contributed by atoms with Crippen molar-refractivity contribution in [3.8, 4) is 5.75 Å². The number of rotatable bonds is 9. The van der Waals surface area contributed by atoms with Crippen LogP contribution in [0.1, 0.15) is 23.4 Å². The Hall–Kier alpha value is -3.08. The molecule has 1 aromatic heterocycles. The Kier molecular flexibility index (Phi) is 6.48. The number of para-hydroxylation sites is 2. The van der Waals surface area contributed by atoms with Crippen LogP contribution < -0.4 is 10.1 Å². The minimum Gasteiger partial charge on any atom is -0.492 e. The number of imidazole rings is 1. The lowest BCUT2D eigenvalue weighted by molar-refractivity contribution is -0.116. The van der Waals surface area contributed by atoms with Crippen LogP contribution in [0.25, 0.3) is 11.0 Å². The molecule has 146 valence electrons. The Morgan fingerprint density at radius 3 is 2.71 bits per heavy atom. The molecule has 0 aliphatic heterocycles. The van der Waals surface area contributed by atoms with Gasteiger partial charge in [-0.25, -0.2) is 4.98 Å². The minimum atomic E-state index is -0.143. The predicted molar refractivity (Wildman–Crippen MR) is 113 cm³/mol. The van der Waals surface area contributed by atoms with Crippen LogP contribution in [0.2, 0.25) is 0 Å². The summed E-state index contributed by atoms with van der Waals surface area (Å²) in [5, 5.41) is 2.81. The van der Waals surface area contributed by atoms with Crippen LogP contribution in [-0.2, 0) is 17.8 Å². The maximum atomic E-state index is 11.3. The molecule has 28 heavy (non-hydrogen) atoms. The third-order valence-corrected chi connectivity index (χ3v) is 4.57. The molecule has 0 atom stereocenters. The monoisotopic (exact) mass is 377 g/mol. The van der Waals surface area contributed by atoms with E-state index < -0.39 is 0 Å². The van der Waals surface area contributed by atoms with E-state index in [1.165, 1.54) is 17.2 Å². The topological polar surface area (TPSA) is 56.2 Å². The van der Waals surface area contributed by atoms with Crippen LogP contribution in [-0.4, -0.2) is 28.6 Å². The number of aryl methyl sites for hydroxylation is 3. The number of hydrogen-bond acceptors (Lipinski definition) is 3. The highest BCUT2D eigenvalue weighted by atomic mass is 16.5. The van der Waals surface area contributed by atoms with E-state index in [-0.39, 0.29) is 5.91 Å². The standard InChI is InChI=1S/C23H27N3O2/c1-4-23(27)24-11-7-10-22-25-20-8-5-6-9-21(20)26(22)12-13-28-19-15-17(2)14-18(3)16-19/h4-6,8-9,14-16H,1,7,10-13H2,2-3H3,(H,24,27). The number of benzene rings is 2. The molecule has 0 saturated heterocycles. The van der Waals surface area contributed by atoms with Gasteiger partial charge in [-0.2, -0.15) is 0 Å². The molecule has 3 aromatic rings. The molecule has 0 spiro atoms. The van der Waals surface area contributed by atoms with E-state index in [0.717, 1.165) is 42.0 Å². The fourth-order valence-electron chi connectivity index (χ4n) is 3.37. The van der Waals surface area contributed by atoms with Crippen molar-refractivity contribution in [1.29, 1.82) is 0 Å². The van der Waals surface area contributed by atoms with Gasteiger partial charge in [0.25, 0.3) is 0 Å². The van der Waals surface area contributed by atoms with Crippen LogP contribution in [0.5, 0.6) is 5.75 Å². The number of nitrogens with one attached hydrogen (secondary N) is 1. The normalized spacial score (nSPS) is 10.8. The second kappa shape index (κ2) is 9.22. The third-order valence-electron chi connectivity index (χ3n) is 4.57. The molecule has 0 fully saturated rings. The first kappa shape index (κ1) is 19.7. The molecule has 0 saturated carbocycles. The lowest BCUT2D eigenvalue weighted by atomic mass is 10.1. The second-order valence-electron chi connectivity index (χ2n) is 6.94. The Balaban J connectivity index is 1.67. The van der Waals surface area contributed by atoms with E-state index in [9.17, 15) is 4.79 Å². The largest absolute Gasteiger partial charge is 0.492 e. The Morgan fingerprint density at radius 1 is 1.21 bits per heavy atom. The van der Waals surface area contributed by atoms with Gasteiger partial charge in [-0.05, 0) is 61.7 Å². The van der Waals surface area contributed by atoms with Crippen molar-refractivity contribution in [1.82, 2.24) is 14.9 Å². The second-order valence-corrected chi connectivity index (χ2v) is 6.94. The molecule has 5 heteroatoms. The van der Waals surface area contributed by atoms with E-state index in [1.807, 2.05) is 18.2 Å². The van der Waals surface area contributed by atoms with Crippen molar-refractivity contribution < 1.29 is 9.53 Å². The predicted octanol–water partition coefficient (Wildman–Crippen LogP) is 3.97. The maximum absolute atomic E-state index is 11.3. The fourth-order valence-corrected chi connectivity index (χ4v) is 3.37. The summed E-state index contributed by atoms with van der Waals surface area (Å²) in [4.78, 5) is 16.1. The van der Waals surface area contributed by atoms with Gasteiger partial charge in [0.05, 0.1) is 17.6 Å². The number of carbonyl (C=O) groups excluding carboxylic acids is 1. The van der Waals surface area contributed by atoms with Gasteiger partial charge >= 0.3 is 0 Å². The SMILES string of the molecule is C=CC(=O)NCCCc1nc2ccccc2n1CCOc1cc(C)cc(C)c1. The van der Waals surface area contributed by atoms with Crippen LogP contribution in [0.3, 0.4) is 0 Å². The number of aromatic nitrogens is 2. The lowest BCUT2D eigenvalue weighted by Gasteiger charge is -2.12. The molecule has 2 aromatic carbocycles. The van der Waals surface area contributed by atoms with Gasteiger partial charge in [-0.1, -0.05) is 24.8 Å². The smallest absolute Gasteiger partial charge is 0.243 e. The van der Waals surface area contributed by atoms with Crippen LogP contribution in [0, 0.1) is 13.8 Å². The highest BCUT2D eigenvalue weighted by Gasteiger charge is 2.10. The van der Waals surface area contributed by atoms with E-state index in [0.29, 0.717) is 13.2 Å². The molecule has 0 aliphatic rings. The molecule has 3 rings (SSSR count). The Bertz CT molecular complexity index is 955. The number of hydrogen-bond donors (Lipinski definition) is 1. The first-order valence-corrected chi connectivity index (χ1v) is 9.62. The fraction of sp³-hybridized carbons (Fsp3) is 0.304. The van der Waals surface area contributed by atoms with Crippen molar-refractivity contribution in [3.05, 3.63) is 72.1 Å². The molecule has 5 nitrogen and oxygen atoms in total. The van der Waals surface area contributed by atoms with Gasteiger partial charge in [0.2, 0.25) is 5.91 Å². The van der Waals surface area contributed by atoms with Crippen LogP contribution >= 0.6 is 0 Å². The molecular formula is C23H27N3O2. The maximum Gasteiger partial charge on any atom is 0.243 e. The minimum absolute atomic E-state index is 0.143. The van der Waals surface area contributed by atoms with Crippen molar-refractivity contribution >= 4 is 16.9 Å². The summed E-state index contributed by atoms with van der Waals surface area (Å²) in [5.74, 6) is 1.77. The van der Waals surface area contributed by atoms with Crippen molar-refractivity contribution in [2.75, 3.05) is 13.2 Å². The molecular weight excluding hydrogens is 350 g/mol. The average Bonchev–Trinajstić information content (AvgIpc) is 3.02. The summed E-state index contributed by atoms with van der Waals surface area (Å²) in [6.45, 7) is 9.52. The number of fused-ring (bicyclic) bond motifs is 1. The number of carbonyl (C=O) groups is 1. The van der Waals surface area contributed by atoms with E-state index in [1.54, 1.807) is 0 Å². The first-order valence-electron chi connectivity index (χ1n) is 9.62. The molecule has 1 amide bonds. The summed E-state index contributed by atoms with van der Waals surface area (Å²) >= 11 is 0. The molecule has 0 bridgehead atoms. The van der Waals surface area contributed by atoms with E-state index in [2.05, 4.69) is 54.6 Å². The van der Waals surface area contributed by atoms with Gasteiger partial charge in [0, 0.05) is 13.0 Å². The van der Waals surface area contributed by atoms with Gasteiger partial charge in [-0.3, -0.25) is 4.79 Å². The molecule has 0 radical (unpaired) electrons. The summed E-state index contributed by atoms with van der Waals surface area (Å²) < 4.78 is 8.22. The van der Waals surface area contributed by atoms with Crippen molar-refractivity contribution in [2.24, 2.45) is 0 Å². The average molecular weight is 377 g/mol. The number of amides is 1. The van der Waals surface area contributed by atoms with E-state index >= 15 is 0 Å². The molecule has 0 unspecified atom stereocenters. The summed E-state index contributed by atoms with van der Waals surface area (Å²) in [5.41, 5.74) is 4.49. The summed E-state index contributed by atoms with van der Waals surface area (Å²) in [6, 6.07) is 14.4. The highest BCUT2D eigenvalue weighted by Crippen LogP contribution is 2.19. The van der Waals surface area contributed by atoms with E-state index in [4.69, 9.17) is 9.72 Å². The quantitative estimate of drug-likeness (QED) is 0.453. The Morgan fingerprint density at radius 2 is 1.96 bits per heavy atom. The van der Waals surface area contributed by atoms with Gasteiger partial charge in [-0.15, -0.1) is 0 Å². The van der Waals surface area contributed by atoms with Crippen LogP contribution in [0.15, 0.2) is 55.1 Å². The summed E-state index contributed by atoms with van der Waals surface area (Å²) in [6.07, 6.45) is 2.90. The third kappa shape index (κ3) is 5.00. The van der Waals surface area contributed by atoms with Crippen molar-refractivity contribution in [3.63, 3.8) is 0 Å². The zero-order chi connectivity index (χ0) is 19.9. The Labute approximate surface area is 166 Å². The molecule has 1 N–H and O–H groups in total. The molecule has 0 aliphatic carbocycles. The van der Waals surface area contributed by atoms with Gasteiger partial charge in [0.1, 0.15) is 18.2 Å². The zero-order valence-electron chi connectivity index (χ0n) is 16.6. The van der Waals surface area contributed by atoms with Crippen LogP contribution in [0.4, 0.5) is 0 Å². The number of nitrogens with zero attached hydrogens (tertiary/aromatic N) is 2. The lowest BCUT2D eigenvalue weighted by Crippen LogP contribution is -2.22. The van der Waals surface area contributed by atoms with Gasteiger partial charge < -0.3 is 14.6 Å². The molecule has 1 heterocycles.